The molecule has 1 aromatic carbocycles. The first-order valence-corrected chi connectivity index (χ1v) is 9.88. The zero-order valence-electron chi connectivity index (χ0n) is 14.8. The number of hydrogen-bond donors (Lipinski definition) is 0. The maximum Gasteiger partial charge on any atom is 0.316 e. The third-order valence-corrected chi connectivity index (χ3v) is 5.98. The molecule has 0 spiro atoms. The number of thiazole rings is 1. The molecule has 0 radical (unpaired) electrons. The summed E-state index contributed by atoms with van der Waals surface area (Å²) in [4.78, 5) is 30.4. The topological polar surface area (TPSA) is 59.5 Å². The Bertz CT molecular complexity index is 799. The number of rotatable bonds is 6. The summed E-state index contributed by atoms with van der Waals surface area (Å²) in [5.74, 6) is -0.277. The van der Waals surface area contributed by atoms with E-state index in [4.69, 9.17) is 16.3 Å². The Labute approximate surface area is 161 Å². The van der Waals surface area contributed by atoms with Gasteiger partial charge in [0, 0.05) is 23.9 Å². The Hall–Kier alpha value is -1.92. The highest BCUT2D eigenvalue weighted by Crippen LogP contribution is 2.45. The van der Waals surface area contributed by atoms with Gasteiger partial charge in [-0.1, -0.05) is 30.2 Å². The van der Waals surface area contributed by atoms with E-state index < -0.39 is 5.41 Å². The quantitative estimate of drug-likeness (QED) is 0.686. The SMILES string of the molecule is CCN(C(C)=O)c1nc(COC(=O)C2(c3ccc(Cl)cc3)CCC2)cs1. The molecule has 1 aliphatic carbocycles. The first-order chi connectivity index (χ1) is 12.5. The molecule has 1 saturated carbocycles. The summed E-state index contributed by atoms with van der Waals surface area (Å²) in [6.07, 6.45) is 2.57. The van der Waals surface area contributed by atoms with E-state index in [-0.39, 0.29) is 18.5 Å². The summed E-state index contributed by atoms with van der Waals surface area (Å²) in [7, 11) is 0. The monoisotopic (exact) mass is 392 g/mol. The Morgan fingerprint density at radius 2 is 2.00 bits per heavy atom. The second kappa shape index (κ2) is 7.76. The van der Waals surface area contributed by atoms with Crippen LogP contribution in [-0.2, 0) is 26.3 Å². The second-order valence-corrected chi connectivity index (χ2v) is 7.68. The van der Waals surface area contributed by atoms with Crippen molar-refractivity contribution in [3.05, 3.63) is 45.9 Å². The maximum atomic E-state index is 12.8. The van der Waals surface area contributed by atoms with Crippen molar-refractivity contribution >= 4 is 39.9 Å². The molecule has 0 atom stereocenters. The van der Waals surface area contributed by atoms with Crippen molar-refractivity contribution in [3.63, 3.8) is 0 Å². The van der Waals surface area contributed by atoms with Crippen LogP contribution in [0.5, 0.6) is 0 Å². The fraction of sp³-hybridized carbons (Fsp3) is 0.421. The van der Waals surface area contributed by atoms with E-state index in [0.717, 1.165) is 24.8 Å². The number of hydrogen-bond acceptors (Lipinski definition) is 5. The Morgan fingerprint density at radius 3 is 2.54 bits per heavy atom. The number of esters is 1. The minimum atomic E-state index is -0.571. The highest BCUT2D eigenvalue weighted by molar-refractivity contribution is 7.14. The molecule has 5 nitrogen and oxygen atoms in total. The van der Waals surface area contributed by atoms with Crippen molar-refractivity contribution in [2.45, 2.75) is 45.1 Å². The summed E-state index contributed by atoms with van der Waals surface area (Å²) in [6, 6.07) is 7.40. The van der Waals surface area contributed by atoms with Gasteiger partial charge >= 0.3 is 5.97 Å². The number of carbonyl (C=O) groups excluding carboxylic acids is 2. The van der Waals surface area contributed by atoms with Gasteiger partial charge in [-0.15, -0.1) is 11.3 Å². The fourth-order valence-corrected chi connectivity index (χ4v) is 4.21. The zero-order valence-corrected chi connectivity index (χ0v) is 16.4. The predicted octanol–water partition coefficient (Wildman–Crippen LogP) is 4.33. The summed E-state index contributed by atoms with van der Waals surface area (Å²) in [5, 5.41) is 3.10. The summed E-state index contributed by atoms with van der Waals surface area (Å²) in [5.41, 5.74) is 1.03. The van der Waals surface area contributed by atoms with E-state index in [1.807, 2.05) is 24.4 Å². The van der Waals surface area contributed by atoms with Crippen LogP contribution < -0.4 is 4.90 Å². The number of ether oxygens (including phenoxy) is 1. The molecule has 0 aliphatic heterocycles. The molecule has 26 heavy (non-hydrogen) atoms. The number of nitrogens with zero attached hydrogens (tertiary/aromatic N) is 2. The average Bonchev–Trinajstić information content (AvgIpc) is 3.02. The van der Waals surface area contributed by atoms with E-state index >= 15 is 0 Å². The highest BCUT2D eigenvalue weighted by atomic mass is 35.5. The van der Waals surface area contributed by atoms with Gasteiger partial charge in [-0.05, 0) is 37.5 Å². The molecule has 0 N–H and O–H groups in total. The van der Waals surface area contributed by atoms with E-state index in [1.54, 1.807) is 17.0 Å². The van der Waals surface area contributed by atoms with Gasteiger partial charge in [0.05, 0.1) is 11.1 Å². The standard InChI is InChI=1S/C19H21ClN2O3S/c1-3-22(13(2)23)18-21-16(12-26-18)11-25-17(24)19(9-4-10-19)14-5-7-15(20)8-6-14/h5-8,12H,3-4,9-11H2,1-2H3. The molecule has 0 unspecified atom stereocenters. The number of halogens is 1. The summed E-state index contributed by atoms with van der Waals surface area (Å²) < 4.78 is 5.58. The molecule has 1 fully saturated rings. The Morgan fingerprint density at radius 1 is 1.31 bits per heavy atom. The number of amides is 1. The number of aromatic nitrogens is 1. The lowest BCUT2D eigenvalue weighted by atomic mass is 9.64. The molecular weight excluding hydrogens is 372 g/mol. The summed E-state index contributed by atoms with van der Waals surface area (Å²) in [6.45, 7) is 4.08. The minimum Gasteiger partial charge on any atom is -0.458 e. The van der Waals surface area contributed by atoms with Gasteiger partial charge in [-0.3, -0.25) is 14.5 Å². The van der Waals surface area contributed by atoms with Crippen LogP contribution in [0.15, 0.2) is 29.6 Å². The lowest BCUT2D eigenvalue weighted by molar-refractivity contribution is -0.156. The van der Waals surface area contributed by atoms with Crippen molar-refractivity contribution in [2.75, 3.05) is 11.4 Å². The fourth-order valence-electron chi connectivity index (χ4n) is 3.17. The first kappa shape index (κ1) is 18.9. The van der Waals surface area contributed by atoms with E-state index in [1.165, 1.54) is 18.3 Å². The molecule has 1 heterocycles. The first-order valence-electron chi connectivity index (χ1n) is 8.62. The van der Waals surface area contributed by atoms with Gasteiger partial charge in [0.25, 0.3) is 0 Å². The van der Waals surface area contributed by atoms with Gasteiger partial charge in [0.2, 0.25) is 5.91 Å². The molecule has 0 saturated heterocycles. The smallest absolute Gasteiger partial charge is 0.316 e. The molecular formula is C19H21ClN2O3S. The minimum absolute atomic E-state index is 0.0541. The average molecular weight is 393 g/mol. The van der Waals surface area contributed by atoms with Crippen molar-refractivity contribution in [1.29, 1.82) is 0 Å². The molecule has 3 rings (SSSR count). The predicted molar refractivity (Wildman–Crippen MR) is 103 cm³/mol. The van der Waals surface area contributed by atoms with Crippen LogP contribution in [0.3, 0.4) is 0 Å². The molecule has 7 heteroatoms. The molecule has 1 aliphatic rings. The van der Waals surface area contributed by atoms with Gasteiger partial charge in [-0.25, -0.2) is 4.98 Å². The Kier molecular flexibility index (Phi) is 5.63. The number of anilines is 1. The highest BCUT2D eigenvalue weighted by Gasteiger charge is 2.47. The van der Waals surface area contributed by atoms with Crippen LogP contribution in [-0.4, -0.2) is 23.4 Å². The Balaban J connectivity index is 1.67. The van der Waals surface area contributed by atoms with Crippen LogP contribution in [0.1, 0.15) is 44.4 Å². The van der Waals surface area contributed by atoms with Gasteiger partial charge in [-0.2, -0.15) is 0 Å². The molecule has 2 aromatic rings. The van der Waals surface area contributed by atoms with Gasteiger partial charge in [0.15, 0.2) is 5.13 Å². The lowest BCUT2D eigenvalue weighted by Gasteiger charge is -2.39. The van der Waals surface area contributed by atoms with Crippen molar-refractivity contribution in [3.8, 4) is 0 Å². The van der Waals surface area contributed by atoms with Crippen molar-refractivity contribution in [1.82, 2.24) is 4.98 Å². The van der Waals surface area contributed by atoms with E-state index in [0.29, 0.717) is 22.4 Å². The van der Waals surface area contributed by atoms with Crippen LogP contribution in [0.4, 0.5) is 5.13 Å². The van der Waals surface area contributed by atoms with Gasteiger partial charge < -0.3 is 4.74 Å². The van der Waals surface area contributed by atoms with Crippen molar-refractivity contribution in [2.24, 2.45) is 0 Å². The van der Waals surface area contributed by atoms with Crippen LogP contribution >= 0.6 is 22.9 Å². The third kappa shape index (κ3) is 3.62. The molecule has 1 aromatic heterocycles. The third-order valence-electron chi connectivity index (χ3n) is 4.81. The van der Waals surface area contributed by atoms with Crippen molar-refractivity contribution < 1.29 is 14.3 Å². The zero-order chi connectivity index (χ0) is 18.7. The molecule has 0 bridgehead atoms. The van der Waals surface area contributed by atoms with E-state index in [2.05, 4.69) is 4.98 Å². The van der Waals surface area contributed by atoms with E-state index in [9.17, 15) is 9.59 Å². The van der Waals surface area contributed by atoms with Gasteiger partial charge in [0.1, 0.15) is 6.61 Å². The lowest BCUT2D eigenvalue weighted by Crippen LogP contribution is -2.43. The number of carbonyl (C=O) groups is 2. The normalized spacial score (nSPS) is 15.2. The maximum absolute atomic E-state index is 12.8. The number of benzene rings is 1. The second-order valence-electron chi connectivity index (χ2n) is 6.40. The summed E-state index contributed by atoms with van der Waals surface area (Å²) >= 11 is 7.33. The van der Waals surface area contributed by atoms with Crippen LogP contribution in [0.25, 0.3) is 0 Å². The van der Waals surface area contributed by atoms with Crippen LogP contribution in [0.2, 0.25) is 5.02 Å². The molecule has 1 amide bonds. The molecule has 138 valence electrons. The van der Waals surface area contributed by atoms with Crippen LogP contribution in [0, 0.1) is 0 Å². The largest absolute Gasteiger partial charge is 0.458 e.